The highest BCUT2D eigenvalue weighted by atomic mass is 15.2. The van der Waals surface area contributed by atoms with Gasteiger partial charge < -0.3 is 5.32 Å². The Labute approximate surface area is 130 Å². The molecule has 0 bridgehead atoms. The van der Waals surface area contributed by atoms with Crippen LogP contribution in [0.4, 0.5) is 0 Å². The van der Waals surface area contributed by atoms with Gasteiger partial charge in [0, 0.05) is 25.2 Å². The molecule has 2 nitrogen and oxygen atoms in total. The second-order valence-corrected chi connectivity index (χ2v) is 7.10. The van der Waals surface area contributed by atoms with Gasteiger partial charge in [0.15, 0.2) is 0 Å². The van der Waals surface area contributed by atoms with Crippen molar-refractivity contribution in [2.75, 3.05) is 13.1 Å². The molecule has 1 aromatic rings. The van der Waals surface area contributed by atoms with Crippen LogP contribution in [0.25, 0.3) is 0 Å². The summed E-state index contributed by atoms with van der Waals surface area (Å²) in [6, 6.07) is 12.2. The summed E-state index contributed by atoms with van der Waals surface area (Å²) in [5.74, 6) is 0.815. The highest BCUT2D eigenvalue weighted by molar-refractivity contribution is 5.14. The molecule has 0 radical (unpaired) electrons. The van der Waals surface area contributed by atoms with E-state index in [0.717, 1.165) is 12.5 Å². The minimum absolute atomic E-state index is 0.647. The van der Waals surface area contributed by atoms with Gasteiger partial charge in [-0.2, -0.15) is 0 Å². The third-order valence-electron chi connectivity index (χ3n) is 4.45. The lowest BCUT2D eigenvalue weighted by molar-refractivity contribution is 0.175. The van der Waals surface area contributed by atoms with Crippen molar-refractivity contribution in [1.29, 1.82) is 0 Å². The van der Waals surface area contributed by atoms with Gasteiger partial charge in [-0.05, 0) is 50.6 Å². The van der Waals surface area contributed by atoms with E-state index in [4.69, 9.17) is 0 Å². The summed E-state index contributed by atoms with van der Waals surface area (Å²) in [5.41, 5.74) is 1.44. The summed E-state index contributed by atoms with van der Waals surface area (Å²) in [7, 11) is 0. The van der Waals surface area contributed by atoms with Gasteiger partial charge in [0.1, 0.15) is 0 Å². The van der Waals surface area contributed by atoms with E-state index < -0.39 is 0 Å². The fraction of sp³-hybridized carbons (Fsp3) is 0.684. The van der Waals surface area contributed by atoms with Crippen molar-refractivity contribution < 1.29 is 0 Å². The maximum absolute atomic E-state index is 3.85. The van der Waals surface area contributed by atoms with Crippen LogP contribution in [-0.4, -0.2) is 30.1 Å². The number of nitrogens with zero attached hydrogens (tertiary/aromatic N) is 1. The van der Waals surface area contributed by atoms with E-state index in [1.807, 2.05) is 0 Å². The Balaban J connectivity index is 1.75. The van der Waals surface area contributed by atoms with Crippen molar-refractivity contribution in [2.45, 2.75) is 65.1 Å². The first-order valence-corrected chi connectivity index (χ1v) is 8.66. The maximum Gasteiger partial charge on any atom is 0.0234 e. The zero-order valence-electron chi connectivity index (χ0n) is 14.0. The van der Waals surface area contributed by atoms with Crippen LogP contribution in [0.2, 0.25) is 0 Å². The zero-order chi connectivity index (χ0) is 15.1. The molecule has 118 valence electrons. The highest BCUT2D eigenvalue weighted by Crippen LogP contribution is 2.15. The number of hydrogen-bond donors (Lipinski definition) is 1. The summed E-state index contributed by atoms with van der Waals surface area (Å²) in [6.07, 6.45) is 5.28. The lowest BCUT2D eigenvalue weighted by Gasteiger charge is -2.35. The van der Waals surface area contributed by atoms with Crippen LogP contribution in [0, 0.1) is 5.92 Å². The molecule has 0 aliphatic carbocycles. The molecule has 2 unspecified atom stereocenters. The van der Waals surface area contributed by atoms with Crippen molar-refractivity contribution in [3.05, 3.63) is 35.9 Å². The smallest absolute Gasteiger partial charge is 0.0234 e. The topological polar surface area (TPSA) is 15.3 Å². The molecular formula is C19H32N2. The number of benzene rings is 1. The fourth-order valence-electron chi connectivity index (χ4n) is 3.25. The van der Waals surface area contributed by atoms with E-state index in [0.29, 0.717) is 12.1 Å². The summed E-state index contributed by atoms with van der Waals surface area (Å²) < 4.78 is 0. The second kappa shape index (κ2) is 8.55. The van der Waals surface area contributed by atoms with Crippen LogP contribution < -0.4 is 5.32 Å². The molecule has 1 saturated heterocycles. The van der Waals surface area contributed by atoms with E-state index in [-0.39, 0.29) is 0 Å². The molecule has 1 N–H and O–H groups in total. The molecule has 0 saturated carbocycles. The van der Waals surface area contributed by atoms with Crippen LogP contribution in [0.1, 0.15) is 52.0 Å². The number of rotatable bonds is 7. The third kappa shape index (κ3) is 6.19. The van der Waals surface area contributed by atoms with Gasteiger partial charge in [0.05, 0.1) is 0 Å². The van der Waals surface area contributed by atoms with Crippen LogP contribution in [0.3, 0.4) is 0 Å². The number of hydrogen-bond acceptors (Lipinski definition) is 2. The molecule has 1 heterocycles. The van der Waals surface area contributed by atoms with Crippen LogP contribution in [0.5, 0.6) is 0 Å². The molecule has 21 heavy (non-hydrogen) atoms. The molecule has 2 rings (SSSR count). The van der Waals surface area contributed by atoms with E-state index >= 15 is 0 Å². The predicted octanol–water partition coefficient (Wildman–Crippen LogP) is 4.07. The summed E-state index contributed by atoms with van der Waals surface area (Å²) in [6.45, 7) is 10.5. The Kier molecular flexibility index (Phi) is 6.72. The lowest BCUT2D eigenvalue weighted by Crippen LogP contribution is -2.48. The highest BCUT2D eigenvalue weighted by Gasteiger charge is 2.21. The Morgan fingerprint density at radius 2 is 1.90 bits per heavy atom. The second-order valence-electron chi connectivity index (χ2n) is 7.10. The SMILES string of the molecule is CC(C)CCC(C)NC1CCCN(Cc2ccccc2)C1. The molecule has 1 aromatic carbocycles. The molecular weight excluding hydrogens is 256 g/mol. The largest absolute Gasteiger partial charge is 0.310 e. The van der Waals surface area contributed by atoms with Crippen molar-refractivity contribution >= 4 is 0 Å². The first-order chi connectivity index (χ1) is 10.1. The molecule has 2 heteroatoms. The average Bonchev–Trinajstić information content (AvgIpc) is 2.46. The third-order valence-corrected chi connectivity index (χ3v) is 4.45. The lowest BCUT2D eigenvalue weighted by atomic mass is 10.0. The Morgan fingerprint density at radius 3 is 2.62 bits per heavy atom. The van der Waals surface area contributed by atoms with E-state index in [9.17, 15) is 0 Å². The molecule has 1 aliphatic rings. The van der Waals surface area contributed by atoms with E-state index in [2.05, 4.69) is 61.3 Å². The zero-order valence-corrected chi connectivity index (χ0v) is 14.0. The van der Waals surface area contributed by atoms with Crippen molar-refractivity contribution in [3.63, 3.8) is 0 Å². The van der Waals surface area contributed by atoms with Gasteiger partial charge in [-0.3, -0.25) is 4.90 Å². The standard InChI is InChI=1S/C19H32N2/c1-16(2)11-12-17(3)20-19-10-7-13-21(15-19)14-18-8-5-4-6-9-18/h4-6,8-9,16-17,19-20H,7,10-15H2,1-3H3. The molecule has 0 amide bonds. The molecule has 1 aliphatic heterocycles. The van der Waals surface area contributed by atoms with Crippen molar-refractivity contribution in [3.8, 4) is 0 Å². The van der Waals surface area contributed by atoms with Gasteiger partial charge in [-0.25, -0.2) is 0 Å². The van der Waals surface area contributed by atoms with Crippen molar-refractivity contribution in [1.82, 2.24) is 10.2 Å². The summed E-state index contributed by atoms with van der Waals surface area (Å²) in [5, 5.41) is 3.85. The summed E-state index contributed by atoms with van der Waals surface area (Å²) >= 11 is 0. The van der Waals surface area contributed by atoms with Crippen LogP contribution in [-0.2, 0) is 6.54 Å². The molecule has 2 atom stereocenters. The van der Waals surface area contributed by atoms with E-state index in [1.54, 1.807) is 0 Å². The van der Waals surface area contributed by atoms with Crippen LogP contribution in [0.15, 0.2) is 30.3 Å². The minimum atomic E-state index is 0.647. The Bertz CT molecular complexity index is 388. The number of piperidine rings is 1. The Hall–Kier alpha value is -0.860. The fourth-order valence-corrected chi connectivity index (χ4v) is 3.25. The van der Waals surface area contributed by atoms with Crippen molar-refractivity contribution in [2.24, 2.45) is 5.92 Å². The predicted molar refractivity (Wildman–Crippen MR) is 91.4 cm³/mol. The summed E-state index contributed by atoms with van der Waals surface area (Å²) in [4.78, 5) is 2.60. The normalized spacial score (nSPS) is 21.6. The van der Waals surface area contributed by atoms with Gasteiger partial charge in [0.25, 0.3) is 0 Å². The van der Waals surface area contributed by atoms with Gasteiger partial charge in [0.2, 0.25) is 0 Å². The molecule has 0 aromatic heterocycles. The first-order valence-electron chi connectivity index (χ1n) is 8.66. The molecule has 0 spiro atoms. The van der Waals surface area contributed by atoms with Crippen LogP contribution >= 0.6 is 0 Å². The number of nitrogens with one attached hydrogen (secondary N) is 1. The van der Waals surface area contributed by atoms with Gasteiger partial charge >= 0.3 is 0 Å². The first kappa shape index (κ1) is 16.5. The average molecular weight is 288 g/mol. The van der Waals surface area contributed by atoms with E-state index in [1.165, 1.54) is 44.3 Å². The molecule has 1 fully saturated rings. The monoisotopic (exact) mass is 288 g/mol. The minimum Gasteiger partial charge on any atom is -0.310 e. The quantitative estimate of drug-likeness (QED) is 0.814. The Morgan fingerprint density at radius 1 is 1.14 bits per heavy atom. The van der Waals surface area contributed by atoms with Gasteiger partial charge in [-0.15, -0.1) is 0 Å². The maximum atomic E-state index is 3.85. The van der Waals surface area contributed by atoms with Gasteiger partial charge in [-0.1, -0.05) is 44.2 Å². The number of likely N-dealkylation sites (tertiary alicyclic amines) is 1.